The fraction of sp³-hybridized carbons (Fsp3) is 0.355. The Kier molecular flexibility index (Phi) is 7.25. The SMILES string of the molecule is CN(C)c1ccc(NC(=O)N2CCC[C@](CSS)(c3nc(-c4ccc5c(c4)CCC5)c4ccccn34)C2)cc1. The van der Waals surface area contributed by atoms with Crippen molar-refractivity contribution in [1.82, 2.24) is 14.3 Å². The Morgan fingerprint density at radius 3 is 2.69 bits per heavy atom. The van der Waals surface area contributed by atoms with Gasteiger partial charge in [0.25, 0.3) is 0 Å². The molecule has 1 saturated heterocycles. The number of aryl methyl sites for hydroxylation is 2. The molecule has 0 radical (unpaired) electrons. The zero-order chi connectivity index (χ0) is 27.0. The first-order valence-corrected chi connectivity index (χ1v) is 15.7. The number of carbonyl (C=O) groups excluding carboxylic acids is 1. The van der Waals surface area contributed by atoms with Crippen LogP contribution in [-0.4, -0.2) is 53.3 Å². The van der Waals surface area contributed by atoms with Gasteiger partial charge in [0.05, 0.1) is 16.6 Å². The van der Waals surface area contributed by atoms with Gasteiger partial charge in [0.1, 0.15) is 5.82 Å². The minimum Gasteiger partial charge on any atom is -0.378 e. The molecule has 0 saturated carbocycles. The van der Waals surface area contributed by atoms with E-state index < -0.39 is 0 Å². The predicted molar refractivity (Wildman–Crippen MR) is 166 cm³/mol. The van der Waals surface area contributed by atoms with Crippen LogP contribution in [0, 0.1) is 0 Å². The number of piperidine rings is 1. The minimum atomic E-state index is -0.309. The molecule has 8 heteroatoms. The van der Waals surface area contributed by atoms with Gasteiger partial charge < -0.3 is 19.5 Å². The fourth-order valence-electron chi connectivity index (χ4n) is 6.18. The lowest BCUT2D eigenvalue weighted by Gasteiger charge is -2.41. The Hall–Kier alpha value is -3.10. The van der Waals surface area contributed by atoms with Crippen molar-refractivity contribution in [3.63, 3.8) is 0 Å². The molecule has 6 nitrogen and oxygen atoms in total. The van der Waals surface area contributed by atoms with Gasteiger partial charge in [-0.2, -0.15) is 0 Å². The van der Waals surface area contributed by atoms with E-state index >= 15 is 0 Å². The first-order chi connectivity index (χ1) is 19.0. The summed E-state index contributed by atoms with van der Waals surface area (Å²) in [6, 6.07) is 21.0. The molecular formula is C31H35N5OS2. The Morgan fingerprint density at radius 1 is 1.08 bits per heavy atom. The van der Waals surface area contributed by atoms with Crippen LogP contribution in [0.4, 0.5) is 16.2 Å². The number of benzene rings is 2. The van der Waals surface area contributed by atoms with E-state index in [2.05, 4.69) is 64.0 Å². The number of carbonyl (C=O) groups is 1. The highest BCUT2D eigenvalue weighted by Crippen LogP contribution is 2.40. The largest absolute Gasteiger partial charge is 0.378 e. The lowest BCUT2D eigenvalue weighted by molar-refractivity contribution is 0.165. The summed E-state index contributed by atoms with van der Waals surface area (Å²) in [4.78, 5) is 22.8. The van der Waals surface area contributed by atoms with Crippen LogP contribution in [0.2, 0.25) is 0 Å². The van der Waals surface area contributed by atoms with Crippen molar-refractivity contribution in [2.24, 2.45) is 0 Å². The second-order valence-electron chi connectivity index (χ2n) is 11.0. The highest BCUT2D eigenvalue weighted by atomic mass is 33.1. The topological polar surface area (TPSA) is 52.9 Å². The van der Waals surface area contributed by atoms with Gasteiger partial charge in [0.2, 0.25) is 0 Å². The van der Waals surface area contributed by atoms with Gasteiger partial charge in [0, 0.05) is 56.1 Å². The number of hydrogen-bond donors (Lipinski definition) is 2. The first-order valence-electron chi connectivity index (χ1n) is 13.7. The Balaban J connectivity index is 1.33. The molecule has 1 N–H and O–H groups in total. The number of hydrogen-bond acceptors (Lipinski definition) is 5. The molecule has 1 aliphatic heterocycles. The lowest BCUT2D eigenvalue weighted by Crippen LogP contribution is -2.51. The molecule has 1 atom stereocenters. The first kappa shape index (κ1) is 26.1. The molecule has 0 spiro atoms. The molecule has 1 fully saturated rings. The molecule has 39 heavy (non-hydrogen) atoms. The summed E-state index contributed by atoms with van der Waals surface area (Å²) >= 11 is 4.59. The van der Waals surface area contributed by atoms with Gasteiger partial charge in [-0.05, 0) is 85.7 Å². The van der Waals surface area contributed by atoms with Crippen LogP contribution < -0.4 is 10.2 Å². The van der Waals surface area contributed by atoms with Crippen LogP contribution in [0.1, 0.15) is 36.2 Å². The third kappa shape index (κ3) is 5.00. The predicted octanol–water partition coefficient (Wildman–Crippen LogP) is 6.70. The number of amides is 2. The number of aromatic nitrogens is 2. The standard InChI is InChI=1S/C31H35N5OS2/c1-34(2)26-14-12-25(13-15-26)32-30(37)35-17-6-16-31(20-35,21-39-38)29-33-28(27-9-3-4-18-36(27)29)24-11-10-22-7-5-8-23(22)19-24/h3-4,9-15,18-19,38H,5-8,16-17,20-21H2,1-2H3,(H,32,37)/t31-/m0/s1. The van der Waals surface area contributed by atoms with E-state index in [4.69, 9.17) is 4.98 Å². The zero-order valence-electron chi connectivity index (χ0n) is 22.6. The van der Waals surface area contributed by atoms with E-state index in [1.165, 1.54) is 40.3 Å². The third-order valence-electron chi connectivity index (χ3n) is 8.23. The number of fused-ring (bicyclic) bond motifs is 2. The number of nitrogens with one attached hydrogen (secondary N) is 1. The van der Waals surface area contributed by atoms with E-state index in [1.807, 2.05) is 48.2 Å². The molecule has 1 aliphatic carbocycles. The summed E-state index contributed by atoms with van der Waals surface area (Å²) in [5.74, 6) is 1.79. The van der Waals surface area contributed by atoms with Crippen molar-refractivity contribution in [1.29, 1.82) is 0 Å². The maximum atomic E-state index is 13.5. The summed E-state index contributed by atoms with van der Waals surface area (Å²) in [5, 5.41) is 3.12. The van der Waals surface area contributed by atoms with Crippen molar-refractivity contribution < 1.29 is 4.79 Å². The second kappa shape index (κ2) is 10.8. The highest BCUT2D eigenvalue weighted by Gasteiger charge is 2.42. The van der Waals surface area contributed by atoms with Crippen LogP contribution in [-0.2, 0) is 18.3 Å². The Bertz CT molecular complexity index is 1490. The molecule has 3 heterocycles. The summed E-state index contributed by atoms with van der Waals surface area (Å²) in [5.41, 5.74) is 7.81. The number of rotatable bonds is 6. The quantitative estimate of drug-likeness (QED) is 0.205. The van der Waals surface area contributed by atoms with E-state index in [1.54, 1.807) is 0 Å². The van der Waals surface area contributed by atoms with Gasteiger partial charge in [-0.3, -0.25) is 0 Å². The molecule has 0 bridgehead atoms. The lowest BCUT2D eigenvalue weighted by atomic mass is 9.80. The monoisotopic (exact) mass is 557 g/mol. The van der Waals surface area contributed by atoms with Crippen molar-refractivity contribution in [2.75, 3.05) is 43.2 Å². The van der Waals surface area contributed by atoms with Gasteiger partial charge in [-0.1, -0.05) is 29.0 Å². The normalized spacial score (nSPS) is 18.8. The van der Waals surface area contributed by atoms with Crippen molar-refractivity contribution in [3.8, 4) is 11.3 Å². The number of likely N-dealkylation sites (tertiary alicyclic amines) is 1. The van der Waals surface area contributed by atoms with Crippen molar-refractivity contribution in [3.05, 3.63) is 83.8 Å². The second-order valence-corrected chi connectivity index (χ2v) is 12.3. The van der Waals surface area contributed by atoms with Crippen molar-refractivity contribution in [2.45, 2.75) is 37.5 Å². The zero-order valence-corrected chi connectivity index (χ0v) is 24.3. The molecule has 2 aromatic carbocycles. The number of urea groups is 1. The van der Waals surface area contributed by atoms with Crippen molar-refractivity contribution >= 4 is 45.4 Å². The average molecular weight is 558 g/mol. The number of pyridine rings is 1. The van der Waals surface area contributed by atoms with E-state index in [-0.39, 0.29) is 11.4 Å². The summed E-state index contributed by atoms with van der Waals surface area (Å²) < 4.78 is 2.24. The summed E-state index contributed by atoms with van der Waals surface area (Å²) in [6.45, 7) is 1.32. The third-order valence-corrected chi connectivity index (χ3v) is 9.30. The van der Waals surface area contributed by atoms with Crippen LogP contribution in [0.3, 0.4) is 0 Å². The van der Waals surface area contributed by atoms with Gasteiger partial charge >= 0.3 is 6.03 Å². The van der Waals surface area contributed by atoms with Crippen LogP contribution in [0.25, 0.3) is 16.8 Å². The van der Waals surface area contributed by atoms with E-state index in [0.29, 0.717) is 6.54 Å². The molecule has 2 aromatic heterocycles. The smallest absolute Gasteiger partial charge is 0.321 e. The Morgan fingerprint density at radius 2 is 1.90 bits per heavy atom. The van der Waals surface area contributed by atoms with E-state index in [0.717, 1.165) is 60.0 Å². The van der Waals surface area contributed by atoms with Gasteiger partial charge in [0.15, 0.2) is 0 Å². The van der Waals surface area contributed by atoms with Crippen LogP contribution in [0.15, 0.2) is 66.9 Å². The average Bonchev–Trinajstić information content (AvgIpc) is 3.58. The molecule has 4 aromatic rings. The minimum absolute atomic E-state index is 0.0689. The van der Waals surface area contributed by atoms with Gasteiger partial charge in [-0.15, -0.1) is 11.7 Å². The molecular weight excluding hydrogens is 523 g/mol. The maximum Gasteiger partial charge on any atom is 0.321 e. The molecule has 2 aliphatic rings. The number of imidazole rings is 1. The number of nitrogens with zero attached hydrogens (tertiary/aromatic N) is 4. The van der Waals surface area contributed by atoms with E-state index in [9.17, 15) is 4.79 Å². The number of thiol groups is 1. The Labute approximate surface area is 239 Å². The molecule has 202 valence electrons. The van der Waals surface area contributed by atoms with Crippen LogP contribution in [0.5, 0.6) is 0 Å². The maximum absolute atomic E-state index is 13.5. The number of anilines is 2. The molecule has 0 unspecified atom stereocenters. The fourth-order valence-corrected chi connectivity index (χ4v) is 7.54. The molecule has 6 rings (SSSR count). The summed E-state index contributed by atoms with van der Waals surface area (Å²) in [7, 11) is 5.55. The van der Waals surface area contributed by atoms with Gasteiger partial charge in [-0.25, -0.2) is 9.78 Å². The highest BCUT2D eigenvalue weighted by molar-refractivity contribution is 8.68. The summed E-state index contributed by atoms with van der Waals surface area (Å²) in [6.07, 6.45) is 7.53. The van der Waals surface area contributed by atoms with Crippen LogP contribution >= 0.6 is 22.5 Å². The molecule has 2 amide bonds.